The van der Waals surface area contributed by atoms with E-state index in [1.807, 2.05) is 24.8 Å². The van der Waals surface area contributed by atoms with E-state index in [0.29, 0.717) is 17.2 Å². The number of hydrogen-bond acceptors (Lipinski definition) is 3. The van der Waals surface area contributed by atoms with Crippen molar-refractivity contribution in [3.8, 4) is 6.07 Å². The lowest BCUT2D eigenvalue weighted by Crippen LogP contribution is -2.20. The van der Waals surface area contributed by atoms with E-state index in [9.17, 15) is 18.4 Å². The number of rotatable bonds is 5. The largest absolute Gasteiger partial charge is 0.441 e. The molecule has 24 heavy (non-hydrogen) atoms. The van der Waals surface area contributed by atoms with Crippen molar-refractivity contribution in [1.29, 1.82) is 5.26 Å². The third kappa shape index (κ3) is 3.99. The molecule has 0 aliphatic carbocycles. The first-order valence-corrected chi connectivity index (χ1v) is 7.53. The Morgan fingerprint density at radius 2 is 1.75 bits per heavy atom. The van der Waals surface area contributed by atoms with Gasteiger partial charge in [0.25, 0.3) is 0 Å². The van der Waals surface area contributed by atoms with Gasteiger partial charge in [0.2, 0.25) is 0 Å². The van der Waals surface area contributed by atoms with E-state index in [0.717, 1.165) is 25.2 Å². The van der Waals surface area contributed by atoms with Crippen LogP contribution in [-0.4, -0.2) is 13.1 Å². The summed E-state index contributed by atoms with van der Waals surface area (Å²) in [7, 11) is 0. The first kappa shape index (κ1) is 17.7. The fraction of sp³-hybridized carbons (Fsp3) is 0.278. The number of hydrogen-bond donors (Lipinski definition) is 0. The van der Waals surface area contributed by atoms with Crippen molar-refractivity contribution >= 4 is 17.5 Å². The number of nitriles is 1. The summed E-state index contributed by atoms with van der Waals surface area (Å²) in [5.41, 5.74) is -0.0965. The SMILES string of the molecule is CCN(CC)c1ccc(/C=C(/C#N)c2ccc(C(F)(F)F)cc2)o1. The van der Waals surface area contributed by atoms with Gasteiger partial charge in [-0.25, -0.2) is 0 Å². The predicted molar refractivity (Wildman–Crippen MR) is 87.2 cm³/mol. The maximum Gasteiger partial charge on any atom is 0.416 e. The maximum atomic E-state index is 12.6. The molecule has 6 heteroatoms. The van der Waals surface area contributed by atoms with E-state index in [1.165, 1.54) is 18.2 Å². The summed E-state index contributed by atoms with van der Waals surface area (Å²) in [6, 6.07) is 10.0. The van der Waals surface area contributed by atoms with Gasteiger partial charge in [-0.15, -0.1) is 0 Å². The van der Waals surface area contributed by atoms with Crippen LogP contribution >= 0.6 is 0 Å². The lowest BCUT2D eigenvalue weighted by molar-refractivity contribution is -0.137. The Hall–Kier alpha value is -2.68. The predicted octanol–water partition coefficient (Wildman–Crippen LogP) is 5.21. The molecule has 0 amide bonds. The van der Waals surface area contributed by atoms with Crippen LogP contribution in [0, 0.1) is 11.3 Å². The average Bonchev–Trinajstić information content (AvgIpc) is 3.01. The normalized spacial score (nSPS) is 12.1. The molecule has 0 saturated heterocycles. The van der Waals surface area contributed by atoms with E-state index in [-0.39, 0.29) is 5.57 Å². The molecule has 0 N–H and O–H groups in total. The Morgan fingerprint density at radius 3 is 2.25 bits per heavy atom. The molecule has 1 aromatic heterocycles. The third-order valence-electron chi connectivity index (χ3n) is 3.62. The van der Waals surface area contributed by atoms with Gasteiger partial charge in [0, 0.05) is 19.2 Å². The van der Waals surface area contributed by atoms with Gasteiger partial charge in [-0.1, -0.05) is 12.1 Å². The molecule has 0 radical (unpaired) electrons. The molecule has 2 rings (SSSR count). The highest BCUT2D eigenvalue weighted by Crippen LogP contribution is 2.30. The molecule has 2 aromatic rings. The molecule has 0 atom stereocenters. The summed E-state index contributed by atoms with van der Waals surface area (Å²) in [6.45, 7) is 5.59. The van der Waals surface area contributed by atoms with Crippen molar-refractivity contribution in [3.05, 3.63) is 53.3 Å². The Morgan fingerprint density at radius 1 is 1.12 bits per heavy atom. The van der Waals surface area contributed by atoms with Gasteiger partial charge in [-0.3, -0.25) is 0 Å². The van der Waals surface area contributed by atoms with Gasteiger partial charge >= 0.3 is 6.18 Å². The van der Waals surface area contributed by atoms with Crippen molar-refractivity contribution in [2.45, 2.75) is 20.0 Å². The smallest absolute Gasteiger partial charge is 0.416 e. The zero-order chi connectivity index (χ0) is 17.7. The van der Waals surface area contributed by atoms with Crippen LogP contribution in [0.3, 0.4) is 0 Å². The van der Waals surface area contributed by atoms with Crippen LogP contribution in [-0.2, 0) is 6.18 Å². The fourth-order valence-electron chi connectivity index (χ4n) is 2.29. The molecule has 0 saturated carbocycles. The molecule has 126 valence electrons. The second-order valence-electron chi connectivity index (χ2n) is 5.09. The summed E-state index contributed by atoms with van der Waals surface area (Å²) >= 11 is 0. The topological polar surface area (TPSA) is 40.2 Å². The van der Waals surface area contributed by atoms with Gasteiger partial charge in [0.15, 0.2) is 5.88 Å². The number of allylic oxidation sites excluding steroid dienone is 1. The van der Waals surface area contributed by atoms with Gasteiger partial charge in [0.1, 0.15) is 5.76 Å². The lowest BCUT2D eigenvalue weighted by atomic mass is 10.0. The van der Waals surface area contributed by atoms with Crippen LogP contribution in [0.1, 0.15) is 30.7 Å². The minimum Gasteiger partial charge on any atom is -0.441 e. The molecule has 3 nitrogen and oxygen atoms in total. The first-order chi connectivity index (χ1) is 11.4. The van der Waals surface area contributed by atoms with E-state index < -0.39 is 11.7 Å². The van der Waals surface area contributed by atoms with Crippen molar-refractivity contribution in [2.24, 2.45) is 0 Å². The van der Waals surface area contributed by atoms with Crippen molar-refractivity contribution in [3.63, 3.8) is 0 Å². The molecule has 0 spiro atoms. The minimum absolute atomic E-state index is 0.240. The number of alkyl halides is 3. The second kappa shape index (κ2) is 7.26. The number of benzene rings is 1. The summed E-state index contributed by atoms with van der Waals surface area (Å²) < 4.78 is 43.5. The van der Waals surface area contributed by atoms with Gasteiger partial charge in [-0.05, 0) is 43.7 Å². The van der Waals surface area contributed by atoms with Crippen LogP contribution < -0.4 is 4.90 Å². The average molecular weight is 334 g/mol. The van der Waals surface area contributed by atoms with Crippen LogP contribution in [0.25, 0.3) is 11.6 Å². The van der Waals surface area contributed by atoms with E-state index in [1.54, 1.807) is 12.1 Å². The standard InChI is InChI=1S/C18H17F3N2O/c1-3-23(4-2)17-10-9-16(24-17)11-14(12-22)13-5-7-15(8-6-13)18(19,20)21/h5-11H,3-4H2,1-2H3/b14-11-. The summed E-state index contributed by atoms with van der Waals surface area (Å²) in [4.78, 5) is 2.02. The van der Waals surface area contributed by atoms with Crippen LogP contribution in [0.2, 0.25) is 0 Å². The Labute approximate surface area is 138 Å². The van der Waals surface area contributed by atoms with Gasteiger partial charge < -0.3 is 9.32 Å². The van der Waals surface area contributed by atoms with Gasteiger partial charge in [-0.2, -0.15) is 18.4 Å². The molecule has 0 unspecified atom stereocenters. The second-order valence-corrected chi connectivity index (χ2v) is 5.09. The summed E-state index contributed by atoms with van der Waals surface area (Å²) in [5, 5.41) is 9.29. The molecule has 0 fully saturated rings. The number of halogens is 3. The summed E-state index contributed by atoms with van der Waals surface area (Å²) in [5.74, 6) is 1.17. The number of nitrogens with zero attached hydrogens (tertiary/aromatic N) is 2. The van der Waals surface area contributed by atoms with Crippen molar-refractivity contribution < 1.29 is 17.6 Å². The van der Waals surface area contributed by atoms with Crippen molar-refractivity contribution in [1.82, 2.24) is 0 Å². The Bertz CT molecular complexity index is 748. The molecular weight excluding hydrogens is 317 g/mol. The molecule has 0 aliphatic rings. The van der Waals surface area contributed by atoms with E-state index in [4.69, 9.17) is 4.42 Å². The molecule has 0 bridgehead atoms. The van der Waals surface area contributed by atoms with E-state index in [2.05, 4.69) is 0 Å². The molecule has 1 aromatic carbocycles. The lowest BCUT2D eigenvalue weighted by Gasteiger charge is -2.16. The first-order valence-electron chi connectivity index (χ1n) is 7.53. The number of furan rings is 1. The number of anilines is 1. The van der Waals surface area contributed by atoms with E-state index >= 15 is 0 Å². The van der Waals surface area contributed by atoms with Crippen LogP contribution in [0.15, 0.2) is 40.8 Å². The quantitative estimate of drug-likeness (QED) is 0.705. The third-order valence-corrected chi connectivity index (χ3v) is 3.62. The maximum absolute atomic E-state index is 12.6. The highest BCUT2D eigenvalue weighted by molar-refractivity contribution is 5.88. The Balaban J connectivity index is 2.28. The minimum atomic E-state index is -4.39. The Kier molecular flexibility index (Phi) is 5.35. The summed E-state index contributed by atoms with van der Waals surface area (Å²) in [6.07, 6.45) is -2.87. The zero-order valence-corrected chi connectivity index (χ0v) is 13.4. The van der Waals surface area contributed by atoms with Gasteiger partial charge in [0.05, 0.1) is 17.2 Å². The van der Waals surface area contributed by atoms with Crippen LogP contribution in [0.4, 0.5) is 19.1 Å². The molecular formula is C18H17F3N2O. The highest BCUT2D eigenvalue weighted by Gasteiger charge is 2.30. The fourth-order valence-corrected chi connectivity index (χ4v) is 2.29. The van der Waals surface area contributed by atoms with Crippen LogP contribution in [0.5, 0.6) is 0 Å². The highest BCUT2D eigenvalue weighted by atomic mass is 19.4. The zero-order valence-electron chi connectivity index (χ0n) is 13.4. The molecule has 1 heterocycles. The monoisotopic (exact) mass is 334 g/mol. The molecule has 0 aliphatic heterocycles. The van der Waals surface area contributed by atoms with Crippen molar-refractivity contribution in [2.75, 3.05) is 18.0 Å².